The minimum atomic E-state index is -0.529. The second-order valence-corrected chi connectivity index (χ2v) is 10.4. The van der Waals surface area contributed by atoms with Gasteiger partial charge in [-0.2, -0.15) is 0 Å². The highest BCUT2D eigenvalue weighted by Gasteiger charge is 2.36. The van der Waals surface area contributed by atoms with Crippen molar-refractivity contribution in [3.8, 4) is 5.75 Å². The van der Waals surface area contributed by atoms with E-state index in [2.05, 4.69) is 21.2 Å². The Balaban J connectivity index is 1.37. The quantitative estimate of drug-likeness (QED) is 0.488. The zero-order valence-corrected chi connectivity index (χ0v) is 22.8. The first-order valence-electron chi connectivity index (χ1n) is 11.6. The molecule has 2 heterocycles. The standard InChI is InChI=1S/C26H26BrN3O6S/c1-16-4-3-5-17(2)24(16)28-22(31)14-30-25(33)21(37-26(30)34)13-18-6-7-20(19(27)12-18)36-15-23(32)29-8-10-35-11-9-29/h3-7,12-13H,8-11,14-15H2,1-2H3,(H,28,31)/b21-13-. The first-order chi connectivity index (χ1) is 17.7. The molecule has 0 spiro atoms. The number of thioether (sulfide) groups is 1. The third-order valence-electron chi connectivity index (χ3n) is 5.89. The highest BCUT2D eigenvalue weighted by Crippen LogP contribution is 2.34. The van der Waals surface area contributed by atoms with Crippen LogP contribution in [0.3, 0.4) is 0 Å². The van der Waals surface area contributed by atoms with Crippen molar-refractivity contribution in [3.05, 3.63) is 62.5 Å². The van der Waals surface area contributed by atoms with E-state index in [0.717, 1.165) is 27.8 Å². The van der Waals surface area contributed by atoms with E-state index in [-0.39, 0.29) is 24.0 Å². The van der Waals surface area contributed by atoms with E-state index in [1.807, 2.05) is 32.0 Å². The number of anilines is 1. The van der Waals surface area contributed by atoms with Crippen molar-refractivity contribution in [1.82, 2.24) is 9.80 Å². The summed E-state index contributed by atoms with van der Waals surface area (Å²) in [6.07, 6.45) is 1.59. The van der Waals surface area contributed by atoms with Gasteiger partial charge < -0.3 is 19.7 Å². The Kier molecular flexibility index (Phi) is 8.67. The van der Waals surface area contributed by atoms with E-state index in [1.165, 1.54) is 0 Å². The summed E-state index contributed by atoms with van der Waals surface area (Å²) < 4.78 is 11.5. The molecule has 0 aromatic heterocycles. The summed E-state index contributed by atoms with van der Waals surface area (Å²) in [6.45, 7) is 5.42. The number of rotatable bonds is 7. The van der Waals surface area contributed by atoms with Crippen LogP contribution in [0.25, 0.3) is 6.08 Å². The normalized spacial score (nSPS) is 16.9. The number of hydrogen-bond acceptors (Lipinski definition) is 7. The zero-order chi connectivity index (χ0) is 26.5. The van der Waals surface area contributed by atoms with Crippen LogP contribution in [0.4, 0.5) is 10.5 Å². The van der Waals surface area contributed by atoms with E-state index in [0.29, 0.717) is 47.8 Å². The molecule has 2 aliphatic rings. The number of hydrogen-bond donors (Lipinski definition) is 1. The molecule has 2 fully saturated rings. The SMILES string of the molecule is Cc1cccc(C)c1NC(=O)CN1C(=O)S/C(=C\c2ccc(OCC(=O)N3CCOCC3)c(Br)c2)C1=O. The Hall–Kier alpha value is -3.15. The number of halogens is 1. The molecule has 9 nitrogen and oxygen atoms in total. The van der Waals surface area contributed by atoms with E-state index >= 15 is 0 Å². The number of aryl methyl sites for hydroxylation is 2. The van der Waals surface area contributed by atoms with Gasteiger partial charge in [0.15, 0.2) is 6.61 Å². The molecule has 11 heteroatoms. The third-order valence-corrected chi connectivity index (χ3v) is 7.42. The van der Waals surface area contributed by atoms with Crippen LogP contribution in [0, 0.1) is 13.8 Å². The Morgan fingerprint density at radius 3 is 2.51 bits per heavy atom. The molecular weight excluding hydrogens is 562 g/mol. The van der Waals surface area contributed by atoms with E-state index in [1.54, 1.807) is 29.2 Å². The summed E-state index contributed by atoms with van der Waals surface area (Å²) in [5, 5.41) is 2.29. The number of nitrogens with one attached hydrogen (secondary N) is 1. The van der Waals surface area contributed by atoms with Crippen LogP contribution in [0.1, 0.15) is 16.7 Å². The molecule has 2 saturated heterocycles. The van der Waals surface area contributed by atoms with Crippen LogP contribution >= 0.6 is 27.7 Å². The first-order valence-corrected chi connectivity index (χ1v) is 13.2. The lowest BCUT2D eigenvalue weighted by atomic mass is 10.1. The fourth-order valence-corrected chi connectivity index (χ4v) is 5.24. The predicted molar refractivity (Wildman–Crippen MR) is 144 cm³/mol. The lowest BCUT2D eigenvalue weighted by molar-refractivity contribution is -0.137. The molecule has 2 aromatic carbocycles. The van der Waals surface area contributed by atoms with Crippen molar-refractivity contribution in [2.45, 2.75) is 13.8 Å². The van der Waals surface area contributed by atoms with Gasteiger partial charge >= 0.3 is 0 Å². The minimum absolute atomic E-state index is 0.0963. The lowest BCUT2D eigenvalue weighted by Gasteiger charge is -2.26. The van der Waals surface area contributed by atoms with Crippen LogP contribution in [-0.2, 0) is 19.1 Å². The van der Waals surface area contributed by atoms with Gasteiger partial charge in [-0.05, 0) is 76.4 Å². The molecular formula is C26H26BrN3O6S. The van der Waals surface area contributed by atoms with E-state index in [9.17, 15) is 19.2 Å². The summed E-state index contributed by atoms with van der Waals surface area (Å²) in [7, 11) is 0. The summed E-state index contributed by atoms with van der Waals surface area (Å²) in [5.41, 5.74) is 3.12. The van der Waals surface area contributed by atoms with Crippen molar-refractivity contribution >= 4 is 62.4 Å². The number of carbonyl (C=O) groups is 4. The van der Waals surface area contributed by atoms with Crippen LogP contribution in [0.2, 0.25) is 0 Å². The average molecular weight is 588 g/mol. The van der Waals surface area contributed by atoms with Crippen LogP contribution < -0.4 is 10.1 Å². The highest BCUT2D eigenvalue weighted by atomic mass is 79.9. The Bertz CT molecular complexity index is 1250. The fraction of sp³-hybridized carbons (Fsp3) is 0.308. The van der Waals surface area contributed by atoms with Gasteiger partial charge in [0.2, 0.25) is 5.91 Å². The zero-order valence-electron chi connectivity index (χ0n) is 20.4. The Morgan fingerprint density at radius 1 is 1.14 bits per heavy atom. The molecule has 0 saturated carbocycles. The van der Waals surface area contributed by atoms with Gasteiger partial charge in [0.05, 0.1) is 22.6 Å². The topological polar surface area (TPSA) is 105 Å². The molecule has 2 aliphatic heterocycles. The van der Waals surface area contributed by atoms with Gasteiger partial charge in [-0.1, -0.05) is 24.3 Å². The number of nitrogens with zero attached hydrogens (tertiary/aromatic N) is 2. The average Bonchev–Trinajstić information content (AvgIpc) is 3.13. The molecule has 0 radical (unpaired) electrons. The summed E-state index contributed by atoms with van der Waals surface area (Å²) in [6, 6.07) is 10.8. The molecule has 1 N–H and O–H groups in total. The van der Waals surface area contributed by atoms with Gasteiger partial charge in [-0.3, -0.25) is 24.1 Å². The third kappa shape index (κ3) is 6.60. The van der Waals surface area contributed by atoms with E-state index in [4.69, 9.17) is 9.47 Å². The molecule has 0 atom stereocenters. The second-order valence-electron chi connectivity index (χ2n) is 8.55. The Morgan fingerprint density at radius 2 is 1.84 bits per heavy atom. The van der Waals surface area contributed by atoms with Crippen molar-refractivity contribution in [3.63, 3.8) is 0 Å². The number of amides is 4. The maximum atomic E-state index is 12.9. The molecule has 2 aromatic rings. The highest BCUT2D eigenvalue weighted by molar-refractivity contribution is 9.10. The molecule has 37 heavy (non-hydrogen) atoms. The molecule has 4 amide bonds. The van der Waals surface area contributed by atoms with Gasteiger partial charge in [0.25, 0.3) is 17.1 Å². The molecule has 194 valence electrons. The number of imide groups is 1. The maximum Gasteiger partial charge on any atom is 0.294 e. The predicted octanol–water partition coefficient (Wildman–Crippen LogP) is 3.98. The van der Waals surface area contributed by atoms with Crippen LogP contribution in [-0.4, -0.2) is 72.2 Å². The van der Waals surface area contributed by atoms with Crippen molar-refractivity contribution in [1.29, 1.82) is 0 Å². The van der Waals surface area contributed by atoms with Crippen LogP contribution in [0.5, 0.6) is 5.75 Å². The fourth-order valence-electron chi connectivity index (χ4n) is 3.89. The maximum absolute atomic E-state index is 12.9. The number of carbonyl (C=O) groups excluding carboxylic acids is 4. The van der Waals surface area contributed by atoms with Crippen molar-refractivity contribution in [2.75, 3.05) is 44.8 Å². The molecule has 4 rings (SSSR count). The smallest absolute Gasteiger partial charge is 0.294 e. The number of morpholine rings is 1. The minimum Gasteiger partial charge on any atom is -0.483 e. The summed E-state index contributed by atoms with van der Waals surface area (Å²) >= 11 is 4.22. The number of ether oxygens (including phenoxy) is 2. The largest absolute Gasteiger partial charge is 0.483 e. The number of para-hydroxylation sites is 1. The second kappa shape index (κ2) is 11.9. The Labute approximate surface area is 227 Å². The van der Waals surface area contributed by atoms with Gasteiger partial charge in [-0.15, -0.1) is 0 Å². The van der Waals surface area contributed by atoms with Gasteiger partial charge in [0.1, 0.15) is 12.3 Å². The van der Waals surface area contributed by atoms with Crippen molar-refractivity contribution < 1.29 is 28.7 Å². The summed E-state index contributed by atoms with van der Waals surface area (Å²) in [4.78, 5) is 53.1. The van der Waals surface area contributed by atoms with Crippen LogP contribution in [0.15, 0.2) is 45.8 Å². The van der Waals surface area contributed by atoms with Gasteiger partial charge in [-0.25, -0.2) is 0 Å². The number of benzene rings is 2. The first kappa shape index (κ1) is 26.9. The van der Waals surface area contributed by atoms with E-state index < -0.39 is 17.1 Å². The monoisotopic (exact) mass is 587 g/mol. The summed E-state index contributed by atoms with van der Waals surface area (Å²) in [5.74, 6) is -0.611. The molecule has 0 bridgehead atoms. The van der Waals surface area contributed by atoms with Crippen molar-refractivity contribution in [2.24, 2.45) is 0 Å². The molecule has 0 aliphatic carbocycles. The van der Waals surface area contributed by atoms with Gasteiger partial charge in [0, 0.05) is 18.8 Å². The lowest BCUT2D eigenvalue weighted by Crippen LogP contribution is -2.43. The molecule has 0 unspecified atom stereocenters.